The van der Waals surface area contributed by atoms with Crippen LogP contribution in [-0.4, -0.2) is 11.5 Å². The highest BCUT2D eigenvalue weighted by atomic mass is 32.1. The van der Waals surface area contributed by atoms with E-state index in [2.05, 4.69) is 74.0 Å². The molecule has 3 rings (SSSR count). The first-order chi connectivity index (χ1) is 15.0. The van der Waals surface area contributed by atoms with Crippen LogP contribution in [0.25, 0.3) is 11.6 Å². The number of fused-ring (bicyclic) bond motifs is 1. The lowest BCUT2D eigenvalue weighted by Gasteiger charge is -2.27. The van der Waals surface area contributed by atoms with Gasteiger partial charge in [0.2, 0.25) is 0 Å². The van der Waals surface area contributed by atoms with Gasteiger partial charge in [0.1, 0.15) is 16.8 Å². The van der Waals surface area contributed by atoms with Crippen molar-refractivity contribution >= 4 is 28.7 Å². The molecule has 0 unspecified atom stereocenters. The predicted molar refractivity (Wildman–Crippen MR) is 129 cm³/mol. The van der Waals surface area contributed by atoms with Crippen molar-refractivity contribution in [2.45, 2.75) is 65.2 Å². The number of hydrogen-bond donors (Lipinski definition) is 0. The van der Waals surface area contributed by atoms with Crippen LogP contribution >= 0.6 is 11.3 Å². The second-order valence-electron chi connectivity index (χ2n) is 8.40. The first kappa shape index (κ1) is 22.8. The molecule has 0 spiro atoms. The van der Waals surface area contributed by atoms with Crippen LogP contribution in [-0.2, 0) is 11.8 Å². The maximum Gasteiger partial charge on any atom is 0.165 e. The molecule has 1 aliphatic heterocycles. The van der Waals surface area contributed by atoms with Crippen LogP contribution in [0.4, 0.5) is 5.69 Å². The Hall–Kier alpha value is -2.89. The number of nitriles is 2. The Morgan fingerprint density at radius 3 is 2.48 bits per heavy atom. The summed E-state index contributed by atoms with van der Waals surface area (Å²) in [7, 11) is 0. The quantitative estimate of drug-likeness (QED) is 0.624. The van der Waals surface area contributed by atoms with Gasteiger partial charge in [-0.15, -0.1) is 11.3 Å². The van der Waals surface area contributed by atoms with E-state index in [9.17, 15) is 10.5 Å². The molecule has 0 aliphatic carbocycles. The van der Waals surface area contributed by atoms with Crippen molar-refractivity contribution in [3.63, 3.8) is 0 Å². The maximum atomic E-state index is 9.27. The molecule has 0 saturated carbocycles. The molecule has 1 aromatic heterocycles. The number of para-hydroxylation sites is 1. The van der Waals surface area contributed by atoms with Gasteiger partial charge in [0.15, 0.2) is 5.57 Å². The van der Waals surface area contributed by atoms with E-state index in [-0.39, 0.29) is 11.0 Å². The summed E-state index contributed by atoms with van der Waals surface area (Å²) in [6.07, 6.45) is 9.62. The number of benzene rings is 1. The number of nitrogens with zero attached hydrogens (tertiary/aromatic N) is 4. The van der Waals surface area contributed by atoms with Gasteiger partial charge in [0.25, 0.3) is 0 Å². The van der Waals surface area contributed by atoms with E-state index in [1.807, 2.05) is 12.1 Å². The van der Waals surface area contributed by atoms with E-state index >= 15 is 0 Å². The van der Waals surface area contributed by atoms with E-state index < -0.39 is 0 Å². The van der Waals surface area contributed by atoms with Crippen LogP contribution < -0.4 is 14.1 Å². The fourth-order valence-electron chi connectivity index (χ4n) is 4.10. The number of aryl methyl sites for hydroxylation is 1. The second kappa shape index (κ2) is 9.94. The predicted octanol–water partition coefficient (Wildman–Crippen LogP) is 4.95. The number of rotatable bonds is 7. The van der Waals surface area contributed by atoms with Gasteiger partial charge in [-0.3, -0.25) is 0 Å². The highest BCUT2D eigenvalue weighted by Crippen LogP contribution is 2.47. The van der Waals surface area contributed by atoms with Gasteiger partial charge in [-0.1, -0.05) is 58.7 Å². The number of unbranched alkanes of at least 4 members (excludes halogenated alkanes) is 2. The lowest BCUT2D eigenvalue weighted by atomic mass is 9.84. The van der Waals surface area contributed by atoms with E-state index in [0.717, 1.165) is 48.9 Å². The summed E-state index contributed by atoms with van der Waals surface area (Å²) in [5.74, 6) is 0. The lowest BCUT2D eigenvalue weighted by molar-refractivity contribution is 0.625. The van der Waals surface area contributed by atoms with Gasteiger partial charge in [-0.05, 0) is 43.0 Å². The van der Waals surface area contributed by atoms with Crippen molar-refractivity contribution in [1.82, 2.24) is 4.98 Å². The molecule has 0 amide bonds. The number of anilines is 1. The summed E-state index contributed by atoms with van der Waals surface area (Å²) in [6, 6.07) is 12.6. The van der Waals surface area contributed by atoms with Crippen molar-refractivity contribution in [3.05, 3.63) is 56.5 Å². The molecule has 31 heavy (non-hydrogen) atoms. The van der Waals surface area contributed by atoms with Gasteiger partial charge in [-0.25, -0.2) is 4.98 Å². The van der Waals surface area contributed by atoms with Crippen LogP contribution in [0.15, 0.2) is 36.0 Å². The number of aromatic nitrogens is 1. The third-order valence-corrected chi connectivity index (χ3v) is 6.94. The molecular weight excluding hydrogens is 400 g/mol. The molecule has 2 aromatic rings. The Morgan fingerprint density at radius 1 is 1.10 bits per heavy atom. The highest BCUT2D eigenvalue weighted by molar-refractivity contribution is 7.07. The lowest BCUT2D eigenvalue weighted by Crippen LogP contribution is -2.27. The molecule has 1 aromatic carbocycles. The molecule has 0 fully saturated rings. The molecule has 0 radical (unpaired) electrons. The zero-order chi connectivity index (χ0) is 22.4. The summed E-state index contributed by atoms with van der Waals surface area (Å²) in [6.45, 7) is 9.94. The molecule has 0 atom stereocenters. The van der Waals surface area contributed by atoms with Crippen molar-refractivity contribution < 1.29 is 0 Å². The minimum absolute atomic E-state index is 0.0888. The largest absolute Gasteiger partial charge is 0.344 e. The standard InChI is InChI=1S/C26H30N4S/c1-5-7-12-21-23(31-25(29-21)19(17-27)18-28)14-15-24-26(3,4)20-11-9-10-13-22(20)30(24)16-8-6-2/h9-11,13-15H,5-8,12,16H2,1-4H3/b23-14-,24-15+. The Kier molecular flexibility index (Phi) is 7.31. The molecule has 160 valence electrons. The topological polar surface area (TPSA) is 63.7 Å². The molecule has 2 heterocycles. The summed E-state index contributed by atoms with van der Waals surface area (Å²) >= 11 is 1.44. The summed E-state index contributed by atoms with van der Waals surface area (Å²) < 4.78 is 1.57. The minimum atomic E-state index is -0.0888. The molecule has 0 saturated heterocycles. The Balaban J connectivity index is 2.15. The van der Waals surface area contributed by atoms with Gasteiger partial charge in [0.05, 0.1) is 10.2 Å². The fourth-order valence-corrected chi connectivity index (χ4v) is 5.06. The monoisotopic (exact) mass is 430 g/mol. The van der Waals surface area contributed by atoms with E-state index in [0.29, 0.717) is 4.66 Å². The zero-order valence-electron chi connectivity index (χ0n) is 18.9. The first-order valence-corrected chi connectivity index (χ1v) is 11.9. The van der Waals surface area contributed by atoms with Crippen LogP contribution in [0, 0.1) is 22.7 Å². The Bertz CT molecular complexity index is 1160. The Morgan fingerprint density at radius 2 is 1.81 bits per heavy atom. The van der Waals surface area contributed by atoms with Gasteiger partial charge < -0.3 is 4.90 Å². The van der Waals surface area contributed by atoms with Crippen molar-refractivity contribution in [1.29, 1.82) is 10.5 Å². The average molecular weight is 431 g/mol. The normalized spacial score (nSPS) is 16.3. The fraction of sp³-hybridized carbons (Fsp3) is 0.423. The van der Waals surface area contributed by atoms with Crippen LogP contribution in [0.5, 0.6) is 0 Å². The van der Waals surface area contributed by atoms with E-state index in [4.69, 9.17) is 0 Å². The van der Waals surface area contributed by atoms with Gasteiger partial charge >= 0.3 is 0 Å². The molecular formula is C26H30N4S. The van der Waals surface area contributed by atoms with Gasteiger partial charge in [-0.2, -0.15) is 10.5 Å². The number of thiazole rings is 1. The average Bonchev–Trinajstić information content (AvgIpc) is 3.26. The molecule has 0 bridgehead atoms. The minimum Gasteiger partial charge on any atom is -0.344 e. The molecule has 0 N–H and O–H groups in total. The highest BCUT2D eigenvalue weighted by Gasteiger charge is 2.39. The second-order valence-corrected chi connectivity index (χ2v) is 9.43. The van der Waals surface area contributed by atoms with Crippen LogP contribution in [0.3, 0.4) is 0 Å². The molecule has 5 heteroatoms. The van der Waals surface area contributed by atoms with Crippen molar-refractivity contribution in [2.24, 2.45) is 0 Å². The third kappa shape index (κ3) is 4.58. The van der Waals surface area contributed by atoms with Crippen LogP contribution in [0.1, 0.15) is 64.6 Å². The zero-order valence-corrected chi connectivity index (χ0v) is 19.7. The SMILES string of the molecule is CCCCc1nc(=C(C#N)C#N)s/c1=C\C=C1\N(CCCC)c2ccccc2C1(C)C. The van der Waals surface area contributed by atoms with E-state index in [1.165, 1.54) is 28.3 Å². The van der Waals surface area contributed by atoms with Crippen molar-refractivity contribution in [2.75, 3.05) is 11.4 Å². The van der Waals surface area contributed by atoms with Crippen LogP contribution in [0.2, 0.25) is 0 Å². The molecule has 1 aliphatic rings. The summed E-state index contributed by atoms with van der Waals surface area (Å²) in [5.41, 5.74) is 4.91. The van der Waals surface area contributed by atoms with Gasteiger partial charge in [0, 0.05) is 23.3 Å². The van der Waals surface area contributed by atoms with E-state index in [1.54, 1.807) is 0 Å². The summed E-state index contributed by atoms with van der Waals surface area (Å²) in [5, 5.41) is 18.5. The smallest absolute Gasteiger partial charge is 0.165 e. The number of allylic oxidation sites excluding steroid dienone is 2. The Labute approximate surface area is 189 Å². The van der Waals surface area contributed by atoms with Crippen molar-refractivity contribution in [3.8, 4) is 12.1 Å². The maximum absolute atomic E-state index is 9.27. The summed E-state index contributed by atoms with van der Waals surface area (Å²) in [4.78, 5) is 7.09. The first-order valence-electron chi connectivity index (χ1n) is 11.1. The third-order valence-electron chi connectivity index (χ3n) is 5.86. The molecule has 4 nitrogen and oxygen atoms in total. The number of hydrogen-bond acceptors (Lipinski definition) is 5.